The van der Waals surface area contributed by atoms with Crippen LogP contribution in [0.1, 0.15) is 110 Å². The van der Waals surface area contributed by atoms with E-state index in [-0.39, 0.29) is 0 Å². The molecule has 0 aromatic carbocycles. The van der Waals surface area contributed by atoms with Gasteiger partial charge in [0.1, 0.15) is 0 Å². The highest BCUT2D eigenvalue weighted by atomic mass is 16.4. The van der Waals surface area contributed by atoms with Crippen molar-refractivity contribution in [1.82, 2.24) is 0 Å². The lowest BCUT2D eigenvalue weighted by Crippen LogP contribution is -1.92. The van der Waals surface area contributed by atoms with Crippen LogP contribution >= 0.6 is 0 Å². The monoisotopic (exact) mass is 310 g/mol. The highest BCUT2D eigenvalue weighted by Gasteiger charge is 1.94. The predicted molar refractivity (Wildman–Crippen MR) is 96.3 cm³/mol. The number of carboxylic acid groups (broad SMARTS) is 1. The van der Waals surface area contributed by atoms with E-state index in [1.807, 2.05) is 0 Å². The van der Waals surface area contributed by atoms with Gasteiger partial charge in [-0.3, -0.25) is 4.79 Å². The third kappa shape index (κ3) is 19.2. The molecular weight excluding hydrogens is 272 g/mol. The number of allylic oxidation sites excluding steroid dienone is 2. The fourth-order valence-electron chi connectivity index (χ4n) is 2.71. The van der Waals surface area contributed by atoms with Gasteiger partial charge in [0, 0.05) is 6.42 Å². The van der Waals surface area contributed by atoms with Crippen LogP contribution in [-0.2, 0) is 4.79 Å². The van der Waals surface area contributed by atoms with Gasteiger partial charge in [-0.05, 0) is 25.7 Å². The van der Waals surface area contributed by atoms with Gasteiger partial charge >= 0.3 is 5.97 Å². The predicted octanol–water partition coefficient (Wildman–Crippen LogP) is 6.89. The topological polar surface area (TPSA) is 37.3 Å². The van der Waals surface area contributed by atoms with Crippen molar-refractivity contribution in [3.63, 3.8) is 0 Å². The molecule has 0 heterocycles. The fourth-order valence-corrected chi connectivity index (χ4v) is 2.71. The van der Waals surface area contributed by atoms with Crippen LogP contribution < -0.4 is 0 Å². The average Bonchev–Trinajstić information content (AvgIpc) is 2.50. The maximum Gasteiger partial charge on any atom is 0.303 e. The molecule has 0 saturated carbocycles. The molecule has 0 rings (SSSR count). The third-order valence-electron chi connectivity index (χ3n) is 4.15. The summed E-state index contributed by atoms with van der Waals surface area (Å²) in [6.07, 6.45) is 24.2. The van der Waals surface area contributed by atoms with E-state index in [1.165, 1.54) is 77.0 Å². The number of carbonyl (C=O) groups is 1. The molecule has 2 nitrogen and oxygen atoms in total. The smallest absolute Gasteiger partial charge is 0.303 e. The van der Waals surface area contributed by atoms with Crippen molar-refractivity contribution in [3.8, 4) is 0 Å². The van der Waals surface area contributed by atoms with Crippen LogP contribution in [0.3, 0.4) is 0 Å². The molecule has 0 aliphatic rings. The second-order valence-electron chi connectivity index (χ2n) is 6.44. The Morgan fingerprint density at radius 2 is 1.09 bits per heavy atom. The van der Waals surface area contributed by atoms with Crippen LogP contribution in [0.15, 0.2) is 12.2 Å². The molecule has 0 aromatic rings. The van der Waals surface area contributed by atoms with Crippen LogP contribution in [0.25, 0.3) is 0 Å². The normalized spacial score (nSPS) is 11.3. The van der Waals surface area contributed by atoms with E-state index >= 15 is 0 Å². The number of unbranched alkanes of at least 4 members (excludes halogenated alkanes) is 13. The van der Waals surface area contributed by atoms with Crippen molar-refractivity contribution in [1.29, 1.82) is 0 Å². The summed E-state index contributed by atoms with van der Waals surface area (Å²) in [4.78, 5) is 10.3. The first-order chi connectivity index (χ1) is 10.8. The lowest BCUT2D eigenvalue weighted by atomic mass is 10.0. The molecule has 0 spiro atoms. The molecule has 0 fully saturated rings. The number of rotatable bonds is 17. The van der Waals surface area contributed by atoms with Crippen molar-refractivity contribution >= 4 is 5.97 Å². The molecule has 1 N–H and O–H groups in total. The molecule has 0 aromatic heterocycles. The van der Waals surface area contributed by atoms with E-state index in [1.54, 1.807) is 0 Å². The summed E-state index contributed by atoms with van der Waals surface area (Å²) in [7, 11) is 0. The Hall–Kier alpha value is -0.790. The Balaban J connectivity index is 3.05. The summed E-state index contributed by atoms with van der Waals surface area (Å²) in [5.74, 6) is -0.686. The molecule has 0 radical (unpaired) electrons. The minimum absolute atomic E-state index is 0.295. The van der Waals surface area contributed by atoms with E-state index < -0.39 is 5.97 Å². The zero-order chi connectivity index (χ0) is 16.3. The summed E-state index contributed by atoms with van der Waals surface area (Å²) < 4.78 is 0. The highest BCUT2D eigenvalue weighted by Crippen LogP contribution is 2.12. The van der Waals surface area contributed by atoms with Gasteiger partial charge in [0.05, 0.1) is 0 Å². The number of carboxylic acids is 1. The molecule has 0 aliphatic carbocycles. The van der Waals surface area contributed by atoms with Crippen LogP contribution in [0.2, 0.25) is 0 Å². The molecule has 0 atom stereocenters. The van der Waals surface area contributed by atoms with E-state index in [4.69, 9.17) is 5.11 Å². The van der Waals surface area contributed by atoms with E-state index in [2.05, 4.69) is 19.1 Å². The standard InChI is InChI=1S/C20H38O2/c1-2-3-4-5-6-7-8-9-10-11-12-13-14-15-16-17-18-19-20(21)22/h15-16H,2-14,17-19H2,1H3,(H,21,22)/b16-15-. The maximum absolute atomic E-state index is 10.3. The lowest BCUT2D eigenvalue weighted by molar-refractivity contribution is -0.137. The van der Waals surface area contributed by atoms with Crippen LogP contribution in [0.4, 0.5) is 0 Å². The maximum atomic E-state index is 10.3. The first-order valence-corrected chi connectivity index (χ1v) is 9.64. The van der Waals surface area contributed by atoms with Crippen molar-refractivity contribution in [2.45, 2.75) is 110 Å². The Morgan fingerprint density at radius 3 is 1.55 bits per heavy atom. The molecule has 2 heteroatoms. The van der Waals surface area contributed by atoms with Gasteiger partial charge in [-0.1, -0.05) is 89.7 Å². The lowest BCUT2D eigenvalue weighted by Gasteiger charge is -2.02. The summed E-state index contributed by atoms with van der Waals surface area (Å²) in [5.41, 5.74) is 0. The SMILES string of the molecule is CCCCCCCCCCCCCC/C=C\CCCC(=O)O. The first-order valence-electron chi connectivity index (χ1n) is 9.64. The van der Waals surface area contributed by atoms with Gasteiger partial charge in [0.25, 0.3) is 0 Å². The molecule has 0 unspecified atom stereocenters. The number of aliphatic carboxylic acids is 1. The van der Waals surface area contributed by atoms with E-state index in [0.29, 0.717) is 6.42 Å². The van der Waals surface area contributed by atoms with Gasteiger partial charge in [-0.2, -0.15) is 0 Å². The van der Waals surface area contributed by atoms with Gasteiger partial charge in [0.15, 0.2) is 0 Å². The fraction of sp³-hybridized carbons (Fsp3) is 0.850. The minimum Gasteiger partial charge on any atom is -0.481 e. The van der Waals surface area contributed by atoms with Gasteiger partial charge < -0.3 is 5.11 Å². The van der Waals surface area contributed by atoms with Crippen LogP contribution in [-0.4, -0.2) is 11.1 Å². The highest BCUT2D eigenvalue weighted by molar-refractivity contribution is 5.66. The van der Waals surface area contributed by atoms with Gasteiger partial charge in [0.2, 0.25) is 0 Å². The van der Waals surface area contributed by atoms with Gasteiger partial charge in [-0.25, -0.2) is 0 Å². The third-order valence-corrected chi connectivity index (χ3v) is 4.15. The minimum atomic E-state index is -0.686. The van der Waals surface area contributed by atoms with Crippen molar-refractivity contribution in [2.24, 2.45) is 0 Å². The summed E-state index contributed by atoms with van der Waals surface area (Å²) in [6, 6.07) is 0. The molecule has 0 amide bonds. The molecule has 0 bridgehead atoms. The number of hydrogen-bond acceptors (Lipinski definition) is 1. The second-order valence-corrected chi connectivity index (χ2v) is 6.44. The second kappa shape index (κ2) is 18.3. The Kier molecular flexibility index (Phi) is 17.6. The largest absolute Gasteiger partial charge is 0.481 e. The van der Waals surface area contributed by atoms with Crippen molar-refractivity contribution in [2.75, 3.05) is 0 Å². The zero-order valence-electron chi connectivity index (χ0n) is 14.8. The Bertz CT molecular complexity index is 258. The van der Waals surface area contributed by atoms with Crippen LogP contribution in [0.5, 0.6) is 0 Å². The van der Waals surface area contributed by atoms with Crippen molar-refractivity contribution in [3.05, 3.63) is 12.2 Å². The van der Waals surface area contributed by atoms with E-state index in [9.17, 15) is 4.79 Å². The molecule has 0 saturated heterocycles. The first kappa shape index (κ1) is 21.2. The summed E-state index contributed by atoms with van der Waals surface area (Å²) in [6.45, 7) is 2.27. The van der Waals surface area contributed by atoms with Crippen LogP contribution in [0, 0.1) is 0 Å². The summed E-state index contributed by atoms with van der Waals surface area (Å²) in [5, 5.41) is 8.51. The van der Waals surface area contributed by atoms with E-state index in [0.717, 1.165) is 19.3 Å². The molecular formula is C20H38O2. The van der Waals surface area contributed by atoms with Gasteiger partial charge in [-0.15, -0.1) is 0 Å². The Morgan fingerprint density at radius 1 is 0.682 bits per heavy atom. The molecule has 0 aliphatic heterocycles. The average molecular weight is 311 g/mol. The van der Waals surface area contributed by atoms with Crippen molar-refractivity contribution < 1.29 is 9.90 Å². The Labute approximate surface area is 138 Å². The number of hydrogen-bond donors (Lipinski definition) is 1. The summed E-state index contributed by atoms with van der Waals surface area (Å²) >= 11 is 0. The zero-order valence-corrected chi connectivity index (χ0v) is 14.8. The quantitative estimate of drug-likeness (QED) is 0.234. The molecule has 130 valence electrons. The molecule has 22 heavy (non-hydrogen) atoms.